The van der Waals surface area contributed by atoms with Gasteiger partial charge in [-0.2, -0.15) is 0 Å². The second-order valence-electron chi connectivity index (χ2n) is 10.1. The number of aryl methyl sites for hydroxylation is 2. The highest BCUT2D eigenvalue weighted by Crippen LogP contribution is 2.38. The lowest BCUT2D eigenvalue weighted by Crippen LogP contribution is -2.38. The van der Waals surface area contributed by atoms with Crippen molar-refractivity contribution in [2.75, 3.05) is 0 Å². The Balaban J connectivity index is 0.000000623. The molecule has 0 saturated heterocycles. The number of hydrogen-bond acceptors (Lipinski definition) is 6. The predicted molar refractivity (Wildman–Crippen MR) is 162 cm³/mol. The van der Waals surface area contributed by atoms with Crippen LogP contribution in [0.4, 0.5) is 0 Å². The van der Waals surface area contributed by atoms with Crippen LogP contribution < -0.4 is 5.32 Å². The summed E-state index contributed by atoms with van der Waals surface area (Å²) in [4.78, 5) is 35.6. The molecule has 206 valence electrons. The molecule has 3 aromatic heterocycles. The predicted octanol–water partition coefficient (Wildman–Crippen LogP) is 6.23. The molecule has 1 aliphatic rings. The maximum atomic E-state index is 12.8. The topological polar surface area (TPSA) is 98.5 Å². The monoisotopic (exact) mass is 543 g/mol. The Morgan fingerprint density at radius 1 is 1.02 bits per heavy atom. The molecule has 41 heavy (non-hydrogen) atoms. The molecule has 1 unspecified atom stereocenters. The first-order valence-corrected chi connectivity index (χ1v) is 13.6. The van der Waals surface area contributed by atoms with Crippen LogP contribution in [0, 0.1) is 6.92 Å². The van der Waals surface area contributed by atoms with Gasteiger partial charge in [0.1, 0.15) is 29.2 Å². The van der Waals surface area contributed by atoms with Crippen molar-refractivity contribution >= 4 is 17.1 Å². The highest BCUT2D eigenvalue weighted by Gasteiger charge is 2.39. The first-order chi connectivity index (χ1) is 19.9. The molecule has 0 bridgehead atoms. The molecule has 0 fully saturated rings. The van der Waals surface area contributed by atoms with E-state index >= 15 is 0 Å². The maximum Gasteiger partial charge on any atom is 0.252 e. The van der Waals surface area contributed by atoms with Crippen LogP contribution in [0.3, 0.4) is 0 Å². The third-order valence-electron chi connectivity index (χ3n) is 7.14. The Kier molecular flexibility index (Phi) is 7.83. The summed E-state index contributed by atoms with van der Waals surface area (Å²) in [5, 5.41) is 3.20. The minimum absolute atomic E-state index is 0.0558. The second-order valence-corrected chi connectivity index (χ2v) is 10.1. The Bertz CT molecular complexity index is 1740. The van der Waals surface area contributed by atoms with Crippen molar-refractivity contribution < 1.29 is 4.79 Å². The fraction of sp³-hybridized carbons (Fsp3) is 0.212. The minimum atomic E-state index is -0.525. The number of carbonyl (C=O) groups excluding carboxylic acids is 1. The highest BCUT2D eigenvalue weighted by molar-refractivity contribution is 6.01. The largest absolute Gasteiger partial charge is 0.342 e. The Labute approximate surface area is 240 Å². The van der Waals surface area contributed by atoms with E-state index in [4.69, 9.17) is 4.98 Å². The van der Waals surface area contributed by atoms with Gasteiger partial charge in [-0.25, -0.2) is 24.9 Å². The van der Waals surface area contributed by atoms with Gasteiger partial charge in [0.05, 0.1) is 11.1 Å². The summed E-state index contributed by atoms with van der Waals surface area (Å²) in [5.41, 5.74) is 6.19. The fourth-order valence-electron chi connectivity index (χ4n) is 5.19. The molecule has 0 saturated carbocycles. The number of allylic oxidation sites excluding steroid dienone is 3. The van der Waals surface area contributed by atoms with E-state index in [1.54, 1.807) is 24.8 Å². The number of carbonyl (C=O) groups is 1. The van der Waals surface area contributed by atoms with Gasteiger partial charge in [0.15, 0.2) is 5.65 Å². The van der Waals surface area contributed by atoms with E-state index in [1.165, 1.54) is 0 Å². The van der Waals surface area contributed by atoms with Gasteiger partial charge in [0.25, 0.3) is 5.91 Å². The van der Waals surface area contributed by atoms with Gasteiger partial charge in [-0.3, -0.25) is 4.79 Å². The lowest BCUT2D eigenvalue weighted by molar-refractivity contribution is 0.0935. The molecular weight excluding hydrogens is 510 g/mol. The lowest BCUT2D eigenvalue weighted by atomic mass is 9.85. The molecule has 2 aromatic carbocycles. The van der Waals surface area contributed by atoms with Crippen LogP contribution in [0.1, 0.15) is 48.1 Å². The van der Waals surface area contributed by atoms with Gasteiger partial charge in [-0.1, -0.05) is 61.2 Å². The van der Waals surface area contributed by atoms with E-state index in [2.05, 4.69) is 63.9 Å². The average Bonchev–Trinajstić information content (AvgIpc) is 3.48. The Hall–Kier alpha value is -4.98. The first kappa shape index (κ1) is 27.6. The van der Waals surface area contributed by atoms with E-state index in [-0.39, 0.29) is 5.91 Å². The standard InChI is InChI=1S/C28H25N7O.C5H8/c1-4-35-25(20-14-29-17(2)30-15-20)33-24-23(31-16-32-26(24)35)19-10-11-21-22(12-19)28(3,34-27(21)36)13-18-8-6-5-7-9-18;1-3-5-4-2/h5-12,14-16H,4,13H2,1-3H3,(H,34,36);3-5H,1H2,2H3/b;5-4-. The number of nitrogens with one attached hydrogen (secondary N) is 1. The zero-order valence-electron chi connectivity index (χ0n) is 23.8. The number of aromatic nitrogens is 6. The molecule has 0 radical (unpaired) electrons. The quantitative estimate of drug-likeness (QED) is 0.255. The van der Waals surface area contributed by atoms with E-state index in [1.807, 2.05) is 60.9 Å². The van der Waals surface area contributed by atoms with Crippen molar-refractivity contribution in [3.8, 4) is 22.6 Å². The molecule has 1 aliphatic heterocycles. The summed E-state index contributed by atoms with van der Waals surface area (Å²) >= 11 is 0. The number of benzene rings is 2. The number of rotatable bonds is 6. The molecule has 8 heteroatoms. The van der Waals surface area contributed by atoms with E-state index in [0.717, 1.165) is 39.4 Å². The van der Waals surface area contributed by atoms with Crippen molar-refractivity contribution in [1.82, 2.24) is 34.8 Å². The van der Waals surface area contributed by atoms with Crippen LogP contribution in [-0.2, 0) is 18.5 Å². The summed E-state index contributed by atoms with van der Waals surface area (Å²) in [6.07, 6.45) is 11.4. The van der Waals surface area contributed by atoms with Gasteiger partial charge < -0.3 is 9.88 Å². The van der Waals surface area contributed by atoms with Crippen LogP contribution in [-0.4, -0.2) is 35.4 Å². The molecule has 0 spiro atoms. The van der Waals surface area contributed by atoms with E-state index < -0.39 is 5.54 Å². The van der Waals surface area contributed by atoms with Crippen LogP contribution in [0.25, 0.3) is 33.8 Å². The molecular formula is C33H33N7O. The zero-order chi connectivity index (χ0) is 29.0. The van der Waals surface area contributed by atoms with Crippen molar-refractivity contribution in [2.24, 2.45) is 0 Å². The second kappa shape index (κ2) is 11.6. The zero-order valence-corrected chi connectivity index (χ0v) is 23.8. The van der Waals surface area contributed by atoms with Crippen LogP contribution in [0.2, 0.25) is 0 Å². The van der Waals surface area contributed by atoms with Gasteiger partial charge in [0.2, 0.25) is 0 Å². The third-order valence-corrected chi connectivity index (χ3v) is 7.14. The van der Waals surface area contributed by atoms with Crippen molar-refractivity contribution in [2.45, 2.75) is 46.2 Å². The summed E-state index contributed by atoms with van der Waals surface area (Å²) in [6, 6.07) is 16.1. The van der Waals surface area contributed by atoms with Crippen molar-refractivity contribution in [3.63, 3.8) is 0 Å². The van der Waals surface area contributed by atoms with Crippen LogP contribution >= 0.6 is 0 Å². The lowest BCUT2D eigenvalue weighted by Gasteiger charge is -2.26. The first-order valence-electron chi connectivity index (χ1n) is 13.6. The third kappa shape index (κ3) is 5.41. The molecule has 1 N–H and O–H groups in total. The van der Waals surface area contributed by atoms with Gasteiger partial charge in [-0.15, -0.1) is 0 Å². The molecule has 5 aromatic rings. The normalized spacial score (nSPS) is 15.9. The summed E-state index contributed by atoms with van der Waals surface area (Å²) in [6.45, 7) is 12.1. The highest BCUT2D eigenvalue weighted by atomic mass is 16.2. The number of amides is 1. The number of fused-ring (bicyclic) bond motifs is 2. The van der Waals surface area contributed by atoms with Gasteiger partial charge >= 0.3 is 0 Å². The van der Waals surface area contributed by atoms with Gasteiger partial charge in [-0.05, 0) is 57.4 Å². The summed E-state index contributed by atoms with van der Waals surface area (Å²) in [7, 11) is 0. The minimum Gasteiger partial charge on any atom is -0.342 e. The fourth-order valence-corrected chi connectivity index (χ4v) is 5.19. The molecule has 4 heterocycles. The molecule has 8 nitrogen and oxygen atoms in total. The Morgan fingerprint density at radius 2 is 1.78 bits per heavy atom. The maximum absolute atomic E-state index is 12.8. The van der Waals surface area contributed by atoms with Crippen LogP contribution in [0.15, 0.2) is 92.1 Å². The summed E-state index contributed by atoms with van der Waals surface area (Å²) < 4.78 is 2.05. The smallest absolute Gasteiger partial charge is 0.252 e. The average molecular weight is 544 g/mol. The SMILES string of the molecule is C=C/C=C\C.CCn1c(-c2cnc(C)nc2)nc2c(-c3ccc4c(c3)C(C)(Cc3ccccc3)NC4=O)ncnc21. The van der Waals surface area contributed by atoms with Crippen LogP contribution in [0.5, 0.6) is 0 Å². The number of hydrogen-bond donors (Lipinski definition) is 1. The molecule has 1 atom stereocenters. The van der Waals surface area contributed by atoms with E-state index in [0.29, 0.717) is 29.9 Å². The van der Waals surface area contributed by atoms with Crippen molar-refractivity contribution in [3.05, 3.63) is 115 Å². The molecule has 6 rings (SSSR count). The molecule has 0 aliphatic carbocycles. The number of imidazole rings is 1. The van der Waals surface area contributed by atoms with Crippen molar-refractivity contribution in [1.29, 1.82) is 0 Å². The Morgan fingerprint density at radius 3 is 2.44 bits per heavy atom. The van der Waals surface area contributed by atoms with E-state index in [9.17, 15) is 4.79 Å². The molecule has 1 amide bonds. The number of nitrogens with zero attached hydrogens (tertiary/aromatic N) is 6. The summed E-state index contributed by atoms with van der Waals surface area (Å²) in [5.74, 6) is 1.40. The van der Waals surface area contributed by atoms with Gasteiger partial charge in [0, 0.05) is 30.1 Å².